The van der Waals surface area contributed by atoms with E-state index >= 15 is 0 Å². The minimum atomic E-state index is -0.279. The number of benzene rings is 1. The molecular formula is C22H24FN3O2. The fourth-order valence-corrected chi connectivity index (χ4v) is 4.32. The third kappa shape index (κ3) is 4.06. The maximum atomic E-state index is 13.4. The number of carbonyl (C=O) groups is 2. The number of hydrogen-bond donors (Lipinski definition) is 0. The Morgan fingerprint density at radius 1 is 1.14 bits per heavy atom. The number of aromatic nitrogens is 1. The summed E-state index contributed by atoms with van der Waals surface area (Å²) in [6.07, 6.45) is 4.19. The SMILES string of the molecule is O=C(Cc1ccccn1)N1CCC2(CC1)CC(=O)N(Cc1cccc(F)c1)C2. The van der Waals surface area contributed by atoms with Crippen LogP contribution < -0.4 is 0 Å². The molecule has 6 heteroatoms. The smallest absolute Gasteiger partial charge is 0.228 e. The third-order valence-corrected chi connectivity index (χ3v) is 5.90. The molecular weight excluding hydrogens is 357 g/mol. The Hall–Kier alpha value is -2.76. The first kappa shape index (κ1) is 18.6. The Morgan fingerprint density at radius 2 is 1.96 bits per heavy atom. The van der Waals surface area contributed by atoms with Gasteiger partial charge in [-0.25, -0.2) is 4.39 Å². The highest BCUT2D eigenvalue weighted by Gasteiger charge is 2.45. The number of nitrogens with zero attached hydrogens (tertiary/aromatic N) is 3. The number of likely N-dealkylation sites (tertiary alicyclic amines) is 2. The molecule has 1 aromatic carbocycles. The van der Waals surface area contributed by atoms with Crippen molar-refractivity contribution in [3.05, 3.63) is 65.7 Å². The summed E-state index contributed by atoms with van der Waals surface area (Å²) in [5.41, 5.74) is 1.53. The van der Waals surface area contributed by atoms with Gasteiger partial charge in [-0.1, -0.05) is 18.2 Å². The summed E-state index contributed by atoms with van der Waals surface area (Å²) in [6, 6.07) is 12.0. The van der Waals surface area contributed by atoms with Gasteiger partial charge in [0.15, 0.2) is 0 Å². The van der Waals surface area contributed by atoms with E-state index in [1.54, 1.807) is 12.3 Å². The number of hydrogen-bond acceptors (Lipinski definition) is 3. The van der Waals surface area contributed by atoms with Gasteiger partial charge in [-0.15, -0.1) is 0 Å². The van der Waals surface area contributed by atoms with E-state index in [2.05, 4.69) is 4.98 Å². The molecule has 2 saturated heterocycles. The van der Waals surface area contributed by atoms with Crippen LogP contribution in [0.2, 0.25) is 0 Å². The van der Waals surface area contributed by atoms with Gasteiger partial charge in [0.2, 0.25) is 11.8 Å². The molecule has 4 rings (SSSR count). The minimum Gasteiger partial charge on any atom is -0.342 e. The van der Waals surface area contributed by atoms with Gasteiger partial charge < -0.3 is 9.80 Å². The van der Waals surface area contributed by atoms with E-state index in [1.165, 1.54) is 12.1 Å². The van der Waals surface area contributed by atoms with E-state index in [9.17, 15) is 14.0 Å². The van der Waals surface area contributed by atoms with Crippen molar-refractivity contribution in [1.29, 1.82) is 0 Å². The normalized spacial score (nSPS) is 18.7. The zero-order valence-corrected chi connectivity index (χ0v) is 15.8. The third-order valence-electron chi connectivity index (χ3n) is 5.90. The van der Waals surface area contributed by atoms with Crippen molar-refractivity contribution < 1.29 is 14.0 Å². The first-order valence-corrected chi connectivity index (χ1v) is 9.73. The summed E-state index contributed by atoms with van der Waals surface area (Å²) in [4.78, 5) is 33.0. The summed E-state index contributed by atoms with van der Waals surface area (Å²) in [7, 11) is 0. The summed E-state index contributed by atoms with van der Waals surface area (Å²) in [6.45, 7) is 2.48. The minimum absolute atomic E-state index is 0.0633. The Balaban J connectivity index is 1.34. The summed E-state index contributed by atoms with van der Waals surface area (Å²) in [5, 5.41) is 0. The molecule has 2 fully saturated rings. The number of piperidine rings is 1. The summed E-state index contributed by atoms with van der Waals surface area (Å²) < 4.78 is 13.4. The van der Waals surface area contributed by atoms with Gasteiger partial charge in [0.1, 0.15) is 5.82 Å². The largest absolute Gasteiger partial charge is 0.342 e. The summed E-state index contributed by atoms with van der Waals surface area (Å²) in [5.74, 6) is -0.0643. The zero-order valence-electron chi connectivity index (χ0n) is 15.8. The molecule has 0 atom stereocenters. The van der Waals surface area contributed by atoms with Crippen LogP contribution >= 0.6 is 0 Å². The average Bonchev–Trinajstić information content (AvgIpc) is 2.98. The van der Waals surface area contributed by atoms with Gasteiger partial charge in [0.25, 0.3) is 0 Å². The molecule has 5 nitrogen and oxygen atoms in total. The molecule has 0 radical (unpaired) electrons. The van der Waals surface area contributed by atoms with Crippen molar-refractivity contribution >= 4 is 11.8 Å². The van der Waals surface area contributed by atoms with Crippen LogP contribution in [0.25, 0.3) is 0 Å². The van der Waals surface area contributed by atoms with E-state index in [0.29, 0.717) is 39.0 Å². The first-order valence-electron chi connectivity index (χ1n) is 9.73. The second-order valence-corrected chi connectivity index (χ2v) is 7.94. The van der Waals surface area contributed by atoms with Crippen molar-refractivity contribution in [1.82, 2.24) is 14.8 Å². The number of halogens is 1. The predicted molar refractivity (Wildman–Crippen MR) is 103 cm³/mol. The van der Waals surface area contributed by atoms with E-state index in [0.717, 1.165) is 24.1 Å². The molecule has 2 aliphatic rings. The van der Waals surface area contributed by atoms with Crippen LogP contribution in [0.5, 0.6) is 0 Å². The van der Waals surface area contributed by atoms with E-state index in [-0.39, 0.29) is 23.0 Å². The lowest BCUT2D eigenvalue weighted by Gasteiger charge is -2.38. The second kappa shape index (κ2) is 7.70. The number of carbonyl (C=O) groups excluding carboxylic acids is 2. The van der Waals surface area contributed by atoms with Gasteiger partial charge in [-0.3, -0.25) is 14.6 Å². The van der Waals surface area contributed by atoms with Crippen LogP contribution in [0, 0.1) is 11.2 Å². The lowest BCUT2D eigenvalue weighted by molar-refractivity contribution is -0.132. The molecule has 1 spiro atoms. The Labute approximate surface area is 164 Å². The fraction of sp³-hybridized carbons (Fsp3) is 0.409. The molecule has 3 heterocycles. The van der Waals surface area contributed by atoms with Crippen LogP contribution in [0.4, 0.5) is 4.39 Å². The number of pyridine rings is 1. The van der Waals surface area contributed by atoms with Crippen molar-refractivity contribution in [3.8, 4) is 0 Å². The molecule has 1 aromatic heterocycles. The van der Waals surface area contributed by atoms with E-state index < -0.39 is 0 Å². The number of amides is 2. The fourth-order valence-electron chi connectivity index (χ4n) is 4.32. The lowest BCUT2D eigenvalue weighted by atomic mass is 9.77. The highest BCUT2D eigenvalue weighted by molar-refractivity contribution is 5.80. The van der Waals surface area contributed by atoms with Crippen LogP contribution in [0.15, 0.2) is 48.7 Å². The Morgan fingerprint density at radius 3 is 2.68 bits per heavy atom. The maximum absolute atomic E-state index is 13.4. The highest BCUT2D eigenvalue weighted by atomic mass is 19.1. The molecule has 146 valence electrons. The number of rotatable bonds is 4. The summed E-state index contributed by atoms with van der Waals surface area (Å²) >= 11 is 0. The van der Waals surface area contributed by atoms with Crippen LogP contribution in [0.1, 0.15) is 30.5 Å². The maximum Gasteiger partial charge on any atom is 0.228 e. The molecule has 0 bridgehead atoms. The van der Waals surface area contributed by atoms with Gasteiger partial charge >= 0.3 is 0 Å². The molecule has 28 heavy (non-hydrogen) atoms. The van der Waals surface area contributed by atoms with E-state index in [1.807, 2.05) is 34.1 Å². The van der Waals surface area contributed by atoms with Crippen molar-refractivity contribution in [2.24, 2.45) is 5.41 Å². The second-order valence-electron chi connectivity index (χ2n) is 7.94. The monoisotopic (exact) mass is 381 g/mol. The van der Waals surface area contributed by atoms with Crippen molar-refractivity contribution in [2.75, 3.05) is 19.6 Å². The quantitative estimate of drug-likeness (QED) is 0.818. The molecule has 0 N–H and O–H groups in total. The van der Waals surface area contributed by atoms with Gasteiger partial charge in [-0.05, 0) is 42.7 Å². The first-order chi connectivity index (χ1) is 13.5. The van der Waals surface area contributed by atoms with Crippen molar-refractivity contribution in [2.45, 2.75) is 32.2 Å². The predicted octanol–water partition coefficient (Wildman–Crippen LogP) is 2.80. The van der Waals surface area contributed by atoms with Gasteiger partial charge in [0.05, 0.1) is 6.42 Å². The van der Waals surface area contributed by atoms with Crippen LogP contribution in [0.3, 0.4) is 0 Å². The highest BCUT2D eigenvalue weighted by Crippen LogP contribution is 2.41. The van der Waals surface area contributed by atoms with Gasteiger partial charge in [0, 0.05) is 49.9 Å². The Bertz CT molecular complexity index is 863. The molecule has 0 saturated carbocycles. The molecule has 2 aliphatic heterocycles. The van der Waals surface area contributed by atoms with Crippen molar-refractivity contribution in [3.63, 3.8) is 0 Å². The molecule has 0 unspecified atom stereocenters. The lowest BCUT2D eigenvalue weighted by Crippen LogP contribution is -2.44. The molecule has 2 aromatic rings. The zero-order chi connectivity index (χ0) is 19.6. The van der Waals surface area contributed by atoms with Gasteiger partial charge in [-0.2, -0.15) is 0 Å². The molecule has 0 aliphatic carbocycles. The molecule has 2 amide bonds. The Kier molecular flexibility index (Phi) is 5.11. The van der Waals surface area contributed by atoms with Crippen LogP contribution in [-0.4, -0.2) is 46.2 Å². The average molecular weight is 381 g/mol. The standard InChI is InChI=1S/C22H24FN3O2/c23-18-5-3-4-17(12-18)15-26-16-22(14-21(26)28)7-10-25(11-8-22)20(27)13-19-6-1-2-9-24-19/h1-6,9,12H,7-8,10-11,13-16H2. The topological polar surface area (TPSA) is 53.5 Å². The van der Waals surface area contributed by atoms with Crippen LogP contribution in [-0.2, 0) is 22.6 Å². The van der Waals surface area contributed by atoms with E-state index in [4.69, 9.17) is 0 Å².